The maximum atomic E-state index is 12.9. The van der Waals surface area contributed by atoms with Crippen LogP contribution in [0.5, 0.6) is 0 Å². The molecule has 0 spiro atoms. The molecule has 0 aromatic heterocycles. The number of nitrogens with zero attached hydrogens (tertiary/aromatic N) is 1. The van der Waals surface area contributed by atoms with Gasteiger partial charge in [-0.1, -0.05) is 38.5 Å². The van der Waals surface area contributed by atoms with Crippen molar-refractivity contribution in [3.8, 4) is 0 Å². The van der Waals surface area contributed by atoms with Crippen LogP contribution in [0.1, 0.15) is 39.2 Å². The first-order valence-electron chi connectivity index (χ1n) is 8.39. The Hall–Kier alpha value is -2.17. The molecule has 2 atom stereocenters. The van der Waals surface area contributed by atoms with Gasteiger partial charge in [0, 0.05) is 11.6 Å². The molecule has 1 N–H and O–H groups in total. The van der Waals surface area contributed by atoms with Crippen LogP contribution in [0, 0.1) is 23.7 Å². The van der Waals surface area contributed by atoms with Gasteiger partial charge >= 0.3 is 0 Å². The molecule has 5 nitrogen and oxygen atoms in total. The fourth-order valence-electron chi connectivity index (χ4n) is 4.03. The normalized spacial score (nSPS) is 28.2. The van der Waals surface area contributed by atoms with Crippen LogP contribution in [0.2, 0.25) is 0 Å². The van der Waals surface area contributed by atoms with Gasteiger partial charge in [-0.25, -0.2) is 0 Å². The largest absolute Gasteiger partial charge is 0.325 e. The van der Waals surface area contributed by atoms with Crippen LogP contribution in [-0.2, 0) is 14.4 Å². The minimum absolute atomic E-state index is 0.188. The van der Waals surface area contributed by atoms with E-state index in [-0.39, 0.29) is 35.6 Å². The Morgan fingerprint density at radius 1 is 1.21 bits per heavy atom. The number of aryl methyl sites for hydroxylation is 1. The number of amides is 3. The molecular weight excluding hydrogens is 304 g/mol. The summed E-state index contributed by atoms with van der Waals surface area (Å²) in [6, 6.07) is 7.41. The van der Waals surface area contributed by atoms with E-state index < -0.39 is 5.41 Å². The molecule has 128 valence electrons. The van der Waals surface area contributed by atoms with Crippen molar-refractivity contribution in [1.82, 2.24) is 4.90 Å². The Bertz CT molecular complexity index is 708. The third-order valence-electron chi connectivity index (χ3n) is 6.14. The minimum atomic E-state index is -0.574. The number of likely N-dealkylation sites (tertiary alicyclic amines) is 1. The molecule has 1 aromatic rings. The minimum Gasteiger partial charge on any atom is -0.325 e. The van der Waals surface area contributed by atoms with Gasteiger partial charge in [0.25, 0.3) is 0 Å². The molecule has 1 aromatic carbocycles. The molecule has 3 rings (SSSR count). The summed E-state index contributed by atoms with van der Waals surface area (Å²) in [6.07, 6.45) is 1.41. The van der Waals surface area contributed by atoms with Gasteiger partial charge in [0.2, 0.25) is 17.7 Å². The van der Waals surface area contributed by atoms with E-state index in [2.05, 4.69) is 5.32 Å². The number of benzene rings is 1. The van der Waals surface area contributed by atoms with Crippen molar-refractivity contribution in [1.29, 1.82) is 0 Å². The second-order valence-corrected chi connectivity index (χ2v) is 7.79. The second-order valence-electron chi connectivity index (χ2n) is 7.79. The van der Waals surface area contributed by atoms with E-state index in [4.69, 9.17) is 0 Å². The van der Waals surface area contributed by atoms with Crippen molar-refractivity contribution in [3.05, 3.63) is 29.8 Å². The highest BCUT2D eigenvalue weighted by molar-refractivity contribution is 6.07. The predicted molar refractivity (Wildman–Crippen MR) is 91.1 cm³/mol. The van der Waals surface area contributed by atoms with Gasteiger partial charge in [0.05, 0.1) is 5.41 Å². The molecule has 2 aliphatic rings. The van der Waals surface area contributed by atoms with E-state index in [1.54, 1.807) is 12.1 Å². The fourth-order valence-corrected chi connectivity index (χ4v) is 4.03. The molecule has 2 unspecified atom stereocenters. The van der Waals surface area contributed by atoms with E-state index in [1.807, 2.05) is 39.8 Å². The fraction of sp³-hybridized carbons (Fsp3) is 0.526. The first kappa shape index (κ1) is 16.7. The molecule has 3 amide bonds. The first-order chi connectivity index (χ1) is 11.2. The zero-order valence-corrected chi connectivity index (χ0v) is 14.7. The molecule has 1 saturated heterocycles. The monoisotopic (exact) mass is 328 g/mol. The van der Waals surface area contributed by atoms with Gasteiger partial charge < -0.3 is 5.32 Å². The average molecular weight is 328 g/mol. The Morgan fingerprint density at radius 2 is 1.83 bits per heavy atom. The van der Waals surface area contributed by atoms with Crippen molar-refractivity contribution < 1.29 is 14.4 Å². The van der Waals surface area contributed by atoms with Crippen LogP contribution in [0.25, 0.3) is 0 Å². The summed E-state index contributed by atoms with van der Waals surface area (Å²) >= 11 is 0. The van der Waals surface area contributed by atoms with E-state index in [1.165, 1.54) is 0 Å². The lowest BCUT2D eigenvalue weighted by Crippen LogP contribution is -2.60. The number of fused-ring (bicyclic) bond motifs is 2. The number of nitrogens with one attached hydrogen (secondary N) is 1. The van der Waals surface area contributed by atoms with Gasteiger partial charge in [-0.3, -0.25) is 19.3 Å². The molecule has 2 fully saturated rings. The Labute approximate surface area is 142 Å². The quantitative estimate of drug-likeness (QED) is 0.868. The van der Waals surface area contributed by atoms with Gasteiger partial charge in [0.1, 0.15) is 6.54 Å². The summed E-state index contributed by atoms with van der Waals surface area (Å²) in [7, 11) is 0. The molecule has 1 heterocycles. The Balaban J connectivity index is 1.76. The highest BCUT2D eigenvalue weighted by atomic mass is 16.2. The number of hydrogen-bond donors (Lipinski definition) is 1. The van der Waals surface area contributed by atoms with E-state index >= 15 is 0 Å². The summed E-state index contributed by atoms with van der Waals surface area (Å²) in [5.41, 5.74) is 0.832. The van der Waals surface area contributed by atoms with Crippen LogP contribution >= 0.6 is 0 Å². The maximum absolute atomic E-state index is 12.9. The van der Waals surface area contributed by atoms with E-state index in [0.29, 0.717) is 18.5 Å². The molecule has 2 bridgehead atoms. The standard InChI is InChI=1S/C19H24N2O3/c1-12-5-7-13(8-6-12)20-15(22)11-21-16(23)14-9-10-19(4,17(21)24)18(14,2)3/h5-8,14H,9-11H2,1-4H3,(H,20,22). The second kappa shape index (κ2) is 5.43. The summed E-state index contributed by atoms with van der Waals surface area (Å²) in [4.78, 5) is 39.1. The highest BCUT2D eigenvalue weighted by Gasteiger charge is 2.64. The number of rotatable bonds is 3. The van der Waals surface area contributed by atoms with Crippen molar-refractivity contribution in [3.63, 3.8) is 0 Å². The molecular formula is C19H24N2O3. The number of anilines is 1. The zero-order chi connectivity index (χ0) is 17.7. The van der Waals surface area contributed by atoms with Crippen LogP contribution in [0.3, 0.4) is 0 Å². The van der Waals surface area contributed by atoms with Gasteiger partial charge in [-0.05, 0) is 37.3 Å². The third-order valence-corrected chi connectivity index (χ3v) is 6.14. The van der Waals surface area contributed by atoms with Gasteiger partial charge in [-0.2, -0.15) is 0 Å². The molecule has 1 aliphatic heterocycles. The molecule has 5 heteroatoms. The average Bonchev–Trinajstić information content (AvgIpc) is 2.71. The van der Waals surface area contributed by atoms with E-state index in [9.17, 15) is 14.4 Å². The first-order valence-corrected chi connectivity index (χ1v) is 8.39. The maximum Gasteiger partial charge on any atom is 0.244 e. The number of hydrogen-bond acceptors (Lipinski definition) is 3. The van der Waals surface area contributed by atoms with Crippen LogP contribution in [-0.4, -0.2) is 29.2 Å². The Kier molecular flexibility index (Phi) is 3.78. The summed E-state index contributed by atoms with van der Waals surface area (Å²) in [5.74, 6) is -0.958. The number of carbonyl (C=O) groups excluding carboxylic acids is 3. The van der Waals surface area contributed by atoms with Crippen molar-refractivity contribution in [2.45, 2.75) is 40.5 Å². The van der Waals surface area contributed by atoms with Gasteiger partial charge in [0.15, 0.2) is 0 Å². The van der Waals surface area contributed by atoms with Crippen molar-refractivity contribution >= 4 is 23.4 Å². The van der Waals surface area contributed by atoms with Crippen LogP contribution in [0.15, 0.2) is 24.3 Å². The smallest absolute Gasteiger partial charge is 0.244 e. The zero-order valence-electron chi connectivity index (χ0n) is 14.7. The number of piperidine rings is 1. The van der Waals surface area contributed by atoms with Crippen molar-refractivity contribution in [2.75, 3.05) is 11.9 Å². The lowest BCUT2D eigenvalue weighted by atomic mass is 9.62. The number of imide groups is 1. The topological polar surface area (TPSA) is 66.5 Å². The summed E-state index contributed by atoms with van der Waals surface area (Å²) in [6.45, 7) is 7.66. The highest BCUT2D eigenvalue weighted by Crippen LogP contribution is 2.59. The molecule has 24 heavy (non-hydrogen) atoms. The lowest BCUT2D eigenvalue weighted by Gasteiger charge is -2.47. The summed E-state index contributed by atoms with van der Waals surface area (Å²) in [5, 5.41) is 2.76. The third kappa shape index (κ3) is 2.34. The van der Waals surface area contributed by atoms with Crippen LogP contribution < -0.4 is 5.32 Å². The number of carbonyl (C=O) groups is 3. The summed E-state index contributed by atoms with van der Waals surface area (Å²) < 4.78 is 0. The van der Waals surface area contributed by atoms with E-state index in [0.717, 1.165) is 10.5 Å². The van der Waals surface area contributed by atoms with Crippen LogP contribution in [0.4, 0.5) is 5.69 Å². The van der Waals surface area contributed by atoms with Crippen molar-refractivity contribution in [2.24, 2.45) is 16.7 Å². The molecule has 1 aliphatic carbocycles. The molecule has 0 radical (unpaired) electrons. The predicted octanol–water partition coefficient (Wildman–Crippen LogP) is 2.74. The van der Waals surface area contributed by atoms with Gasteiger partial charge in [-0.15, -0.1) is 0 Å². The Morgan fingerprint density at radius 3 is 2.46 bits per heavy atom. The molecule has 1 saturated carbocycles. The SMILES string of the molecule is Cc1ccc(NC(=O)CN2C(=O)C3CCC(C)(C2=O)C3(C)C)cc1. The lowest BCUT2D eigenvalue weighted by molar-refractivity contribution is -0.168.